The summed E-state index contributed by atoms with van der Waals surface area (Å²) in [6.07, 6.45) is 6.58. The van der Waals surface area contributed by atoms with E-state index in [9.17, 15) is 9.90 Å². The van der Waals surface area contributed by atoms with E-state index in [4.69, 9.17) is 4.74 Å². The van der Waals surface area contributed by atoms with Gasteiger partial charge >= 0.3 is 0 Å². The molecule has 0 aromatic heterocycles. The molecule has 0 aliphatic heterocycles. The number of methoxy groups -OCH3 is 1. The quantitative estimate of drug-likeness (QED) is 0.191. The van der Waals surface area contributed by atoms with Crippen LogP contribution in [0.1, 0.15) is 11.1 Å². The molecule has 0 saturated heterocycles. The zero-order valence-corrected chi connectivity index (χ0v) is 22.1. The molecule has 6 heteroatoms. The second-order valence-electron chi connectivity index (χ2n) is 8.92. The molecule has 0 heterocycles. The van der Waals surface area contributed by atoms with E-state index < -0.39 is 0 Å². The normalized spacial score (nSPS) is 11.9. The molecular weight excluding hydrogens is 462 g/mol. The van der Waals surface area contributed by atoms with Crippen LogP contribution in [0.3, 0.4) is 0 Å². The molecule has 0 radical (unpaired) electrons. The zero-order valence-electron chi connectivity index (χ0n) is 22.1. The Labute approximate surface area is 219 Å². The summed E-state index contributed by atoms with van der Waals surface area (Å²) in [6.45, 7) is 0.124. The first kappa shape index (κ1) is 27.1. The second kappa shape index (κ2) is 13.0. The molecule has 3 aromatic carbocycles. The topological polar surface area (TPSA) is 65.0 Å². The lowest BCUT2D eigenvalue weighted by atomic mass is 10.1. The Bertz CT molecular complexity index is 1270. The van der Waals surface area contributed by atoms with Crippen LogP contribution in [0.25, 0.3) is 12.2 Å². The van der Waals surface area contributed by atoms with Gasteiger partial charge in [0, 0.05) is 46.1 Å². The van der Waals surface area contributed by atoms with Crippen LogP contribution in [0.4, 0.5) is 17.1 Å². The van der Waals surface area contributed by atoms with Crippen LogP contribution in [-0.4, -0.2) is 52.7 Å². The average molecular weight is 498 g/mol. The van der Waals surface area contributed by atoms with E-state index in [2.05, 4.69) is 5.32 Å². The van der Waals surface area contributed by atoms with Gasteiger partial charge in [0.1, 0.15) is 11.5 Å². The number of hydrogen-bond donors (Lipinski definition) is 2. The number of carbonyl (C=O) groups excluding carboxylic acids is 1. The maximum Gasteiger partial charge on any atom is 0.187 e. The van der Waals surface area contributed by atoms with E-state index >= 15 is 0 Å². The summed E-state index contributed by atoms with van der Waals surface area (Å²) < 4.78 is 5.40. The van der Waals surface area contributed by atoms with Gasteiger partial charge in [-0.2, -0.15) is 0 Å². The Kier molecular flexibility index (Phi) is 9.55. The van der Waals surface area contributed by atoms with Crippen molar-refractivity contribution in [3.05, 3.63) is 107 Å². The number of nitrogens with zero attached hydrogens (tertiary/aromatic N) is 2. The first-order chi connectivity index (χ1) is 17.8. The van der Waals surface area contributed by atoms with Crippen LogP contribution in [0.15, 0.2) is 96.3 Å². The van der Waals surface area contributed by atoms with Gasteiger partial charge in [0.05, 0.1) is 18.4 Å². The third kappa shape index (κ3) is 7.77. The minimum Gasteiger partial charge on any atom is -0.507 e. The van der Waals surface area contributed by atoms with Gasteiger partial charge in [-0.15, -0.1) is 0 Å². The minimum atomic E-state index is -0.288. The van der Waals surface area contributed by atoms with Crippen LogP contribution in [0.5, 0.6) is 5.75 Å². The van der Waals surface area contributed by atoms with Gasteiger partial charge in [-0.05, 0) is 59.7 Å². The van der Waals surface area contributed by atoms with Crippen LogP contribution in [0.2, 0.25) is 0 Å². The number of rotatable bonds is 11. The average Bonchev–Trinajstić information content (AvgIpc) is 2.91. The Morgan fingerprint density at radius 1 is 0.811 bits per heavy atom. The van der Waals surface area contributed by atoms with E-state index in [0.717, 1.165) is 28.2 Å². The molecule has 2 N–H and O–H groups in total. The van der Waals surface area contributed by atoms with Crippen LogP contribution >= 0.6 is 0 Å². The van der Waals surface area contributed by atoms with Crippen molar-refractivity contribution in [3.63, 3.8) is 0 Å². The van der Waals surface area contributed by atoms with Crippen LogP contribution in [-0.2, 0) is 4.79 Å². The number of carbonyl (C=O) groups is 1. The summed E-state index contributed by atoms with van der Waals surface area (Å²) in [5, 5.41) is 14.2. The molecule has 3 rings (SSSR count). The highest BCUT2D eigenvalue weighted by Gasteiger charge is 2.13. The highest BCUT2D eigenvalue weighted by atomic mass is 16.5. The standard InChI is InChI=1S/C31H35N3O3/c1-33(2)25-16-10-23(11-17-25)14-20-29(35)27(22-32-28-8-6-7-9-31(28)37-5)30(36)21-15-24-12-18-26(19-13-24)34(3)4/h6-21,32,35H,22H2,1-5H3/b20-14+,21-15+,29-27-. The molecule has 0 aliphatic rings. The number of nitrogens with one attached hydrogen (secondary N) is 1. The molecular formula is C31H35N3O3. The SMILES string of the molecule is COc1ccccc1NC/C(C(=O)/C=C/c1ccc(N(C)C)cc1)=C(O)\C=C\c1ccc(N(C)C)cc1. The van der Waals surface area contributed by atoms with Gasteiger partial charge in [0.2, 0.25) is 0 Å². The van der Waals surface area contributed by atoms with Crippen molar-refractivity contribution in [2.75, 3.05) is 57.0 Å². The number of hydrogen-bond acceptors (Lipinski definition) is 6. The fourth-order valence-electron chi connectivity index (χ4n) is 3.59. The number of anilines is 3. The summed E-state index contributed by atoms with van der Waals surface area (Å²) in [5.74, 6) is 0.266. The first-order valence-electron chi connectivity index (χ1n) is 12.0. The molecule has 37 heavy (non-hydrogen) atoms. The van der Waals surface area contributed by atoms with E-state index in [0.29, 0.717) is 5.75 Å². The highest BCUT2D eigenvalue weighted by molar-refractivity contribution is 6.07. The van der Waals surface area contributed by atoms with E-state index in [-0.39, 0.29) is 23.7 Å². The van der Waals surface area contributed by atoms with E-state index in [1.54, 1.807) is 25.3 Å². The number of ketones is 1. The summed E-state index contributed by atoms with van der Waals surface area (Å²) >= 11 is 0. The predicted molar refractivity (Wildman–Crippen MR) is 156 cm³/mol. The fourth-order valence-corrected chi connectivity index (χ4v) is 3.59. The number of aliphatic hydroxyl groups excluding tert-OH is 1. The smallest absolute Gasteiger partial charge is 0.187 e. The van der Waals surface area contributed by atoms with Crippen molar-refractivity contribution in [2.45, 2.75) is 0 Å². The lowest BCUT2D eigenvalue weighted by molar-refractivity contribution is -0.111. The first-order valence-corrected chi connectivity index (χ1v) is 12.0. The molecule has 0 bridgehead atoms. The number of ether oxygens (including phenoxy) is 1. The monoisotopic (exact) mass is 497 g/mol. The number of allylic oxidation sites excluding steroid dienone is 2. The zero-order chi connectivity index (χ0) is 26.8. The third-order valence-electron chi connectivity index (χ3n) is 5.85. The molecule has 0 fully saturated rings. The second-order valence-corrected chi connectivity index (χ2v) is 8.92. The number of aliphatic hydroxyl groups is 1. The lowest BCUT2D eigenvalue weighted by Crippen LogP contribution is -2.14. The maximum absolute atomic E-state index is 13.2. The van der Waals surface area contributed by atoms with Gasteiger partial charge in [-0.3, -0.25) is 4.79 Å². The van der Waals surface area contributed by atoms with Gasteiger partial charge in [-0.1, -0.05) is 48.6 Å². The number of para-hydroxylation sites is 2. The molecule has 0 amide bonds. The molecule has 0 spiro atoms. The van der Waals surface area contributed by atoms with Gasteiger partial charge in [-0.25, -0.2) is 0 Å². The molecule has 6 nitrogen and oxygen atoms in total. The largest absolute Gasteiger partial charge is 0.507 e. The van der Waals surface area contributed by atoms with Crippen molar-refractivity contribution in [1.82, 2.24) is 0 Å². The Morgan fingerprint density at radius 2 is 1.32 bits per heavy atom. The number of benzene rings is 3. The van der Waals surface area contributed by atoms with Gasteiger partial charge in [0.25, 0.3) is 0 Å². The predicted octanol–water partition coefficient (Wildman–Crippen LogP) is 6.05. The van der Waals surface area contributed by atoms with Gasteiger partial charge < -0.3 is 25.0 Å². The summed E-state index contributed by atoms with van der Waals surface area (Å²) in [7, 11) is 9.51. The Hall–Kier alpha value is -4.45. The molecule has 0 aliphatic carbocycles. The fraction of sp³-hybridized carbons (Fsp3) is 0.194. The van der Waals surface area contributed by atoms with E-state index in [1.807, 2.05) is 111 Å². The molecule has 192 valence electrons. The van der Waals surface area contributed by atoms with Crippen molar-refractivity contribution >= 4 is 35.0 Å². The Morgan fingerprint density at radius 3 is 1.84 bits per heavy atom. The van der Waals surface area contributed by atoms with Gasteiger partial charge in [0.15, 0.2) is 5.78 Å². The molecule has 0 saturated carbocycles. The summed E-state index contributed by atoms with van der Waals surface area (Å²) in [5.41, 5.74) is 4.94. The van der Waals surface area contributed by atoms with Crippen molar-refractivity contribution in [3.8, 4) is 5.75 Å². The minimum absolute atomic E-state index is 0.100. The molecule has 0 unspecified atom stereocenters. The molecule has 0 atom stereocenters. The molecule has 3 aromatic rings. The third-order valence-corrected chi connectivity index (χ3v) is 5.85. The van der Waals surface area contributed by atoms with Crippen molar-refractivity contribution in [2.24, 2.45) is 0 Å². The lowest BCUT2D eigenvalue weighted by Gasteiger charge is -2.13. The maximum atomic E-state index is 13.2. The van der Waals surface area contributed by atoms with Crippen molar-refractivity contribution in [1.29, 1.82) is 0 Å². The van der Waals surface area contributed by atoms with Crippen LogP contribution < -0.4 is 19.9 Å². The van der Waals surface area contributed by atoms with E-state index in [1.165, 1.54) is 6.08 Å². The highest BCUT2D eigenvalue weighted by Crippen LogP contribution is 2.24. The van der Waals surface area contributed by atoms with Crippen LogP contribution in [0, 0.1) is 0 Å². The Balaban J connectivity index is 1.86. The van der Waals surface area contributed by atoms with Crippen molar-refractivity contribution < 1.29 is 14.6 Å². The summed E-state index contributed by atoms with van der Waals surface area (Å²) in [4.78, 5) is 17.3. The summed E-state index contributed by atoms with van der Waals surface area (Å²) in [6, 6.07) is 23.3.